The number of ether oxygens (including phenoxy) is 1. The van der Waals surface area contributed by atoms with Gasteiger partial charge in [-0.2, -0.15) is 0 Å². The Kier molecular flexibility index (Phi) is 7.19. The molecule has 1 N–H and O–H groups in total. The molecule has 6 nitrogen and oxygen atoms in total. The quantitative estimate of drug-likeness (QED) is 0.512. The topological polar surface area (TPSA) is 71.8 Å². The summed E-state index contributed by atoms with van der Waals surface area (Å²) in [6.07, 6.45) is 6.75. The highest BCUT2D eigenvalue weighted by Gasteiger charge is 2.32. The molecule has 0 saturated carbocycles. The van der Waals surface area contributed by atoms with Crippen molar-refractivity contribution in [3.63, 3.8) is 0 Å². The van der Waals surface area contributed by atoms with E-state index in [-0.39, 0.29) is 18.1 Å². The highest BCUT2D eigenvalue weighted by atomic mass is 16.5. The van der Waals surface area contributed by atoms with Crippen LogP contribution in [-0.2, 0) is 11.2 Å². The number of nitrogens with one attached hydrogen (secondary N) is 1. The molecule has 2 aliphatic heterocycles. The van der Waals surface area contributed by atoms with Gasteiger partial charge in [-0.15, -0.1) is 0 Å². The van der Waals surface area contributed by atoms with E-state index in [0.717, 1.165) is 16.5 Å². The molecule has 0 unspecified atom stereocenters. The second-order valence-corrected chi connectivity index (χ2v) is 9.91. The van der Waals surface area contributed by atoms with Crippen molar-refractivity contribution in [1.29, 1.82) is 0 Å². The van der Waals surface area contributed by atoms with Gasteiger partial charge in [0.05, 0.1) is 0 Å². The molecule has 6 heteroatoms. The van der Waals surface area contributed by atoms with Crippen molar-refractivity contribution in [2.45, 2.75) is 51.5 Å². The number of benzene rings is 2. The van der Waals surface area contributed by atoms with Crippen LogP contribution in [0, 0.1) is 12.8 Å². The zero-order chi connectivity index (χ0) is 24.2. The van der Waals surface area contributed by atoms with E-state index < -0.39 is 0 Å². The standard InChI is InChI=1S/C29H34N2O4/c1-20-24-13-12-23(17-27(24)35-29(33)25(20)16-21-8-3-2-4-9-21)34-19-28(32)30-18-22-10-7-15-31-14-6-5-11-26(22)31/h2-4,8-9,12-13,17,22,26H,5-7,10-11,14-16,18-19H2,1H3,(H,30,32)/t22-,26+/m0/s1. The lowest BCUT2D eigenvalue weighted by Gasteiger charge is -2.44. The third-order valence-corrected chi connectivity index (χ3v) is 7.64. The van der Waals surface area contributed by atoms with Crippen molar-refractivity contribution in [1.82, 2.24) is 10.2 Å². The van der Waals surface area contributed by atoms with Crippen molar-refractivity contribution in [3.05, 3.63) is 75.6 Å². The molecule has 5 rings (SSSR count). The summed E-state index contributed by atoms with van der Waals surface area (Å²) in [5.41, 5.74) is 2.78. The first-order valence-corrected chi connectivity index (χ1v) is 12.8. The van der Waals surface area contributed by atoms with Crippen molar-refractivity contribution >= 4 is 16.9 Å². The maximum atomic E-state index is 12.7. The molecular weight excluding hydrogens is 440 g/mol. The molecule has 0 radical (unpaired) electrons. The zero-order valence-corrected chi connectivity index (χ0v) is 20.4. The SMILES string of the molecule is Cc1c(Cc2ccccc2)c(=O)oc2cc(OCC(=O)NC[C@@H]3CCCN4CCCC[C@H]34)ccc12. The maximum absolute atomic E-state index is 12.7. The van der Waals surface area contributed by atoms with E-state index in [9.17, 15) is 9.59 Å². The van der Waals surface area contributed by atoms with Gasteiger partial charge in [0.1, 0.15) is 11.3 Å². The van der Waals surface area contributed by atoms with E-state index in [1.165, 1.54) is 45.2 Å². The largest absolute Gasteiger partial charge is 0.484 e. The van der Waals surface area contributed by atoms with Gasteiger partial charge in [-0.25, -0.2) is 4.79 Å². The van der Waals surface area contributed by atoms with E-state index in [1.54, 1.807) is 6.07 Å². The second-order valence-electron chi connectivity index (χ2n) is 9.91. The van der Waals surface area contributed by atoms with Gasteiger partial charge in [0.2, 0.25) is 0 Å². The Bertz CT molecular complexity index is 1230. The lowest BCUT2D eigenvalue weighted by Crippen LogP contribution is -2.51. The summed E-state index contributed by atoms with van der Waals surface area (Å²) in [4.78, 5) is 27.8. The summed E-state index contributed by atoms with van der Waals surface area (Å²) in [6, 6.07) is 15.9. The average molecular weight is 475 g/mol. The molecule has 2 atom stereocenters. The molecule has 0 spiro atoms. The lowest BCUT2D eigenvalue weighted by molar-refractivity contribution is -0.123. The average Bonchev–Trinajstić information content (AvgIpc) is 2.89. The number of rotatable bonds is 7. The van der Waals surface area contributed by atoms with E-state index >= 15 is 0 Å². The molecule has 2 aromatic carbocycles. The van der Waals surface area contributed by atoms with Crippen LogP contribution >= 0.6 is 0 Å². The molecule has 0 bridgehead atoms. The summed E-state index contributed by atoms with van der Waals surface area (Å²) in [5, 5.41) is 3.95. The third-order valence-electron chi connectivity index (χ3n) is 7.64. The molecule has 0 aliphatic carbocycles. The number of nitrogens with zero attached hydrogens (tertiary/aromatic N) is 1. The zero-order valence-electron chi connectivity index (χ0n) is 20.4. The minimum atomic E-state index is -0.335. The minimum absolute atomic E-state index is 0.0537. The number of hydrogen-bond donors (Lipinski definition) is 1. The van der Waals surface area contributed by atoms with Gasteiger partial charge in [-0.1, -0.05) is 36.8 Å². The van der Waals surface area contributed by atoms with Gasteiger partial charge in [-0.05, 0) is 74.9 Å². The Hall–Kier alpha value is -3.12. The number of aryl methyl sites for hydroxylation is 1. The summed E-state index contributed by atoms with van der Waals surface area (Å²) < 4.78 is 11.4. The molecule has 2 fully saturated rings. The Labute approximate surface area is 206 Å². The van der Waals surface area contributed by atoms with Gasteiger partial charge in [0, 0.05) is 36.0 Å². The summed E-state index contributed by atoms with van der Waals surface area (Å²) >= 11 is 0. The van der Waals surface area contributed by atoms with Gasteiger partial charge in [0.25, 0.3) is 5.91 Å². The molecule has 2 saturated heterocycles. The van der Waals surface area contributed by atoms with Crippen LogP contribution in [0.4, 0.5) is 0 Å². The highest BCUT2D eigenvalue weighted by molar-refractivity contribution is 5.83. The lowest BCUT2D eigenvalue weighted by atomic mass is 9.83. The minimum Gasteiger partial charge on any atom is -0.484 e. The first-order chi connectivity index (χ1) is 17.1. The van der Waals surface area contributed by atoms with Gasteiger partial charge < -0.3 is 19.4 Å². The molecule has 2 aliphatic rings. The highest BCUT2D eigenvalue weighted by Crippen LogP contribution is 2.30. The summed E-state index contributed by atoms with van der Waals surface area (Å²) in [7, 11) is 0. The van der Waals surface area contributed by atoms with E-state index in [4.69, 9.17) is 9.15 Å². The maximum Gasteiger partial charge on any atom is 0.340 e. The summed E-state index contributed by atoms with van der Waals surface area (Å²) in [5.74, 6) is 0.923. The van der Waals surface area contributed by atoms with Gasteiger partial charge >= 0.3 is 5.63 Å². The fraction of sp³-hybridized carbons (Fsp3) is 0.448. The number of hydrogen-bond acceptors (Lipinski definition) is 5. The first-order valence-electron chi connectivity index (χ1n) is 12.8. The van der Waals surface area contributed by atoms with Crippen molar-refractivity contribution in [2.75, 3.05) is 26.2 Å². The van der Waals surface area contributed by atoms with E-state index in [1.807, 2.05) is 49.4 Å². The first kappa shape index (κ1) is 23.6. The van der Waals surface area contributed by atoms with Crippen LogP contribution in [-0.4, -0.2) is 43.1 Å². The predicted molar refractivity (Wildman–Crippen MR) is 137 cm³/mol. The molecule has 1 amide bonds. The number of piperidine rings is 2. The van der Waals surface area contributed by atoms with Crippen LogP contribution in [0.3, 0.4) is 0 Å². The smallest absolute Gasteiger partial charge is 0.340 e. The van der Waals surface area contributed by atoms with Crippen molar-refractivity contribution in [3.8, 4) is 5.75 Å². The monoisotopic (exact) mass is 474 g/mol. The Morgan fingerprint density at radius 3 is 2.77 bits per heavy atom. The Morgan fingerprint density at radius 2 is 1.91 bits per heavy atom. The van der Waals surface area contributed by atoms with Crippen LogP contribution in [0.5, 0.6) is 5.75 Å². The van der Waals surface area contributed by atoms with E-state index in [2.05, 4.69) is 10.2 Å². The predicted octanol–water partition coefficient (Wildman–Crippen LogP) is 4.45. The van der Waals surface area contributed by atoms with Gasteiger partial charge in [0.15, 0.2) is 6.61 Å². The van der Waals surface area contributed by atoms with Crippen LogP contribution in [0.25, 0.3) is 11.0 Å². The fourth-order valence-corrected chi connectivity index (χ4v) is 5.73. The molecular formula is C29H34N2O4. The number of fused-ring (bicyclic) bond motifs is 2. The van der Waals surface area contributed by atoms with Gasteiger partial charge in [-0.3, -0.25) is 4.79 Å². The molecule has 3 aromatic rings. The van der Waals surface area contributed by atoms with Crippen molar-refractivity contribution in [2.24, 2.45) is 5.92 Å². The summed E-state index contributed by atoms with van der Waals surface area (Å²) in [6.45, 7) is 5.00. The molecule has 3 heterocycles. The molecule has 1 aromatic heterocycles. The molecule has 35 heavy (non-hydrogen) atoms. The Balaban J connectivity index is 1.20. The number of carbonyl (C=O) groups is 1. The number of carbonyl (C=O) groups excluding carboxylic acids is 1. The Morgan fingerprint density at radius 1 is 1.09 bits per heavy atom. The van der Waals surface area contributed by atoms with E-state index in [0.29, 0.717) is 41.8 Å². The van der Waals surface area contributed by atoms with Crippen molar-refractivity contribution < 1.29 is 13.9 Å². The normalized spacial score (nSPS) is 20.4. The van der Waals surface area contributed by atoms with Crippen LogP contribution in [0.2, 0.25) is 0 Å². The molecule has 184 valence electrons. The second kappa shape index (κ2) is 10.6. The van der Waals surface area contributed by atoms with Crippen LogP contribution in [0.15, 0.2) is 57.7 Å². The van der Waals surface area contributed by atoms with Crippen LogP contribution in [0.1, 0.15) is 48.8 Å². The van der Waals surface area contributed by atoms with Crippen LogP contribution < -0.4 is 15.7 Å². The third kappa shape index (κ3) is 5.43. The fourth-order valence-electron chi connectivity index (χ4n) is 5.73. The number of amides is 1.